The van der Waals surface area contributed by atoms with Crippen molar-refractivity contribution in [3.05, 3.63) is 12.7 Å². The molecule has 0 aliphatic carbocycles. The van der Waals surface area contributed by atoms with Gasteiger partial charge in [0.2, 0.25) is 0 Å². The van der Waals surface area contributed by atoms with Crippen LogP contribution in [0.25, 0.3) is 0 Å². The molecule has 1 atom stereocenters. The van der Waals surface area contributed by atoms with Gasteiger partial charge < -0.3 is 5.11 Å². The highest BCUT2D eigenvalue weighted by Crippen LogP contribution is 2.09. The summed E-state index contributed by atoms with van der Waals surface area (Å²) in [6.07, 6.45) is 2.57. The summed E-state index contributed by atoms with van der Waals surface area (Å²) in [6.45, 7) is 5.31. The van der Waals surface area contributed by atoms with E-state index in [1.807, 2.05) is 6.08 Å². The molecule has 3 heteroatoms. The number of carboxylic acids is 1. The predicted molar refractivity (Wildman–Crippen MR) is 48.9 cm³/mol. The fourth-order valence-electron chi connectivity index (χ4n) is 0.550. The van der Waals surface area contributed by atoms with Gasteiger partial charge in [0.25, 0.3) is 0 Å². The van der Waals surface area contributed by atoms with Crippen LogP contribution in [0.5, 0.6) is 0 Å². The first kappa shape index (κ1) is 10.6. The Hall–Kier alpha value is -0.440. The monoisotopic (exact) mass is 174 g/mol. The summed E-state index contributed by atoms with van der Waals surface area (Å²) < 4.78 is 0. The maximum Gasteiger partial charge on any atom is 0.306 e. The first-order valence-electron chi connectivity index (χ1n) is 3.60. The Kier molecular flexibility index (Phi) is 6.03. The molecule has 11 heavy (non-hydrogen) atoms. The van der Waals surface area contributed by atoms with E-state index >= 15 is 0 Å². The van der Waals surface area contributed by atoms with E-state index in [0.29, 0.717) is 0 Å². The molecule has 0 aromatic heterocycles. The summed E-state index contributed by atoms with van der Waals surface area (Å²) in [5.74, 6) is 0.891. The van der Waals surface area contributed by atoms with Crippen LogP contribution < -0.4 is 0 Å². The van der Waals surface area contributed by atoms with E-state index in [4.69, 9.17) is 5.11 Å². The van der Waals surface area contributed by atoms with Crippen LogP contribution in [0.1, 0.15) is 13.3 Å². The van der Waals surface area contributed by atoms with E-state index in [2.05, 4.69) is 6.58 Å². The lowest BCUT2D eigenvalue weighted by molar-refractivity contribution is -0.141. The van der Waals surface area contributed by atoms with Gasteiger partial charge in [0, 0.05) is 5.75 Å². The zero-order valence-electron chi connectivity index (χ0n) is 6.75. The zero-order chi connectivity index (χ0) is 8.69. The van der Waals surface area contributed by atoms with Crippen molar-refractivity contribution >= 4 is 17.7 Å². The average molecular weight is 174 g/mol. The van der Waals surface area contributed by atoms with E-state index < -0.39 is 5.97 Å². The van der Waals surface area contributed by atoms with Gasteiger partial charge in [0.1, 0.15) is 0 Å². The first-order valence-corrected chi connectivity index (χ1v) is 4.75. The van der Waals surface area contributed by atoms with Crippen LogP contribution >= 0.6 is 11.8 Å². The quantitative estimate of drug-likeness (QED) is 0.494. The highest BCUT2D eigenvalue weighted by molar-refractivity contribution is 7.99. The second-order valence-electron chi connectivity index (χ2n) is 2.39. The van der Waals surface area contributed by atoms with Gasteiger partial charge in [-0.05, 0) is 12.2 Å². The van der Waals surface area contributed by atoms with Crippen molar-refractivity contribution in [2.75, 3.05) is 11.5 Å². The standard InChI is InChI=1S/C8H14O2S/c1-3-5-11-6-4-7(2)8(9)10/h3,7H,1,4-6H2,2H3,(H,9,10). The molecular weight excluding hydrogens is 160 g/mol. The van der Waals surface area contributed by atoms with E-state index in [-0.39, 0.29) is 5.92 Å². The summed E-state index contributed by atoms with van der Waals surface area (Å²) >= 11 is 1.72. The number of hydrogen-bond acceptors (Lipinski definition) is 2. The highest BCUT2D eigenvalue weighted by atomic mass is 32.2. The third kappa shape index (κ3) is 5.98. The molecule has 0 radical (unpaired) electrons. The molecule has 0 aliphatic heterocycles. The summed E-state index contributed by atoms with van der Waals surface area (Å²) in [5, 5.41) is 8.51. The molecule has 1 N–H and O–H groups in total. The van der Waals surface area contributed by atoms with E-state index in [0.717, 1.165) is 17.9 Å². The van der Waals surface area contributed by atoms with Crippen molar-refractivity contribution in [3.63, 3.8) is 0 Å². The van der Waals surface area contributed by atoms with Crippen LogP contribution in [0.4, 0.5) is 0 Å². The highest BCUT2D eigenvalue weighted by Gasteiger charge is 2.08. The minimum atomic E-state index is -0.704. The van der Waals surface area contributed by atoms with E-state index in [1.165, 1.54) is 0 Å². The van der Waals surface area contributed by atoms with Gasteiger partial charge in [0.05, 0.1) is 5.92 Å². The Morgan fingerprint density at radius 3 is 2.91 bits per heavy atom. The number of carbonyl (C=O) groups is 1. The van der Waals surface area contributed by atoms with Gasteiger partial charge in [-0.2, -0.15) is 11.8 Å². The minimum absolute atomic E-state index is 0.215. The summed E-state index contributed by atoms with van der Waals surface area (Å²) in [5.41, 5.74) is 0. The number of rotatable bonds is 6. The molecule has 0 rings (SSSR count). The molecule has 0 saturated carbocycles. The van der Waals surface area contributed by atoms with Gasteiger partial charge in [-0.3, -0.25) is 4.79 Å². The lowest BCUT2D eigenvalue weighted by Gasteiger charge is -2.03. The molecular formula is C8H14O2S. The van der Waals surface area contributed by atoms with Crippen LogP contribution in [-0.4, -0.2) is 22.6 Å². The maximum atomic E-state index is 10.3. The topological polar surface area (TPSA) is 37.3 Å². The molecule has 0 bridgehead atoms. The number of thioether (sulfide) groups is 1. The van der Waals surface area contributed by atoms with Crippen molar-refractivity contribution < 1.29 is 9.90 Å². The fourth-order valence-corrected chi connectivity index (χ4v) is 1.40. The predicted octanol–water partition coefficient (Wildman–Crippen LogP) is 2.02. The Bertz CT molecular complexity index is 134. The average Bonchev–Trinajstić information content (AvgIpc) is 1.97. The third-order valence-electron chi connectivity index (χ3n) is 1.35. The first-order chi connectivity index (χ1) is 5.18. The van der Waals surface area contributed by atoms with Gasteiger partial charge in [-0.1, -0.05) is 13.0 Å². The molecule has 1 unspecified atom stereocenters. The second kappa shape index (κ2) is 6.28. The molecule has 0 aliphatic rings. The van der Waals surface area contributed by atoms with Gasteiger partial charge >= 0.3 is 5.97 Å². The smallest absolute Gasteiger partial charge is 0.306 e. The minimum Gasteiger partial charge on any atom is -0.481 e. The van der Waals surface area contributed by atoms with Crippen molar-refractivity contribution in [3.8, 4) is 0 Å². The second-order valence-corrected chi connectivity index (χ2v) is 3.54. The van der Waals surface area contributed by atoms with Crippen LogP contribution in [0.3, 0.4) is 0 Å². The number of hydrogen-bond donors (Lipinski definition) is 1. The largest absolute Gasteiger partial charge is 0.481 e. The fraction of sp³-hybridized carbons (Fsp3) is 0.625. The molecule has 0 amide bonds. The van der Waals surface area contributed by atoms with E-state index in [1.54, 1.807) is 18.7 Å². The summed E-state index contributed by atoms with van der Waals surface area (Å²) in [6, 6.07) is 0. The molecule has 64 valence electrons. The summed E-state index contributed by atoms with van der Waals surface area (Å²) in [7, 11) is 0. The van der Waals surface area contributed by atoms with Crippen molar-refractivity contribution in [2.45, 2.75) is 13.3 Å². The molecule has 2 nitrogen and oxygen atoms in total. The molecule has 0 aromatic carbocycles. The normalized spacial score (nSPS) is 12.5. The number of aliphatic carboxylic acids is 1. The number of carboxylic acid groups (broad SMARTS) is 1. The Labute approximate surface area is 71.7 Å². The Morgan fingerprint density at radius 2 is 2.45 bits per heavy atom. The van der Waals surface area contributed by atoms with E-state index in [9.17, 15) is 4.79 Å². The molecule has 0 heterocycles. The third-order valence-corrected chi connectivity index (χ3v) is 2.35. The SMILES string of the molecule is C=CCSCCC(C)C(=O)O. The Morgan fingerprint density at radius 1 is 1.82 bits per heavy atom. The molecule has 0 aromatic rings. The molecule has 0 saturated heterocycles. The lowest BCUT2D eigenvalue weighted by atomic mass is 10.1. The molecule has 0 spiro atoms. The van der Waals surface area contributed by atoms with Crippen LogP contribution in [0.2, 0.25) is 0 Å². The molecule has 0 fully saturated rings. The van der Waals surface area contributed by atoms with Gasteiger partial charge in [0.15, 0.2) is 0 Å². The zero-order valence-corrected chi connectivity index (χ0v) is 7.56. The maximum absolute atomic E-state index is 10.3. The van der Waals surface area contributed by atoms with Crippen LogP contribution in [0.15, 0.2) is 12.7 Å². The van der Waals surface area contributed by atoms with Crippen LogP contribution in [-0.2, 0) is 4.79 Å². The Balaban J connectivity index is 3.24. The van der Waals surface area contributed by atoms with Crippen molar-refractivity contribution in [2.24, 2.45) is 5.92 Å². The lowest BCUT2D eigenvalue weighted by Crippen LogP contribution is -2.09. The van der Waals surface area contributed by atoms with Crippen molar-refractivity contribution in [1.29, 1.82) is 0 Å². The van der Waals surface area contributed by atoms with Crippen molar-refractivity contribution in [1.82, 2.24) is 0 Å². The van der Waals surface area contributed by atoms with Gasteiger partial charge in [-0.25, -0.2) is 0 Å². The van der Waals surface area contributed by atoms with Crippen LogP contribution in [0, 0.1) is 5.92 Å². The van der Waals surface area contributed by atoms with Gasteiger partial charge in [-0.15, -0.1) is 6.58 Å². The summed E-state index contributed by atoms with van der Waals surface area (Å²) in [4.78, 5) is 10.3.